The number of aromatic nitrogens is 3. The van der Waals surface area contributed by atoms with E-state index in [1.165, 1.54) is 12.5 Å². The third-order valence-electron chi connectivity index (χ3n) is 3.36. The fourth-order valence-electron chi connectivity index (χ4n) is 2.25. The number of fused-ring (bicyclic) bond motifs is 1. The van der Waals surface area contributed by atoms with E-state index in [0.29, 0.717) is 27.3 Å². The fourth-order valence-corrected chi connectivity index (χ4v) is 2.91. The standard InChI is InChI=1S/C16H11N5O2S/c17-13(22)12-7-18-16(24-12)21-14-10-6-11(9-4-2-1-3-5-9)23-15(10)20-8-19-14/h1-8H,(H2,17,22)(H,18,19,20,21). The highest BCUT2D eigenvalue weighted by Crippen LogP contribution is 2.31. The van der Waals surface area contributed by atoms with Crippen LogP contribution in [0.5, 0.6) is 0 Å². The van der Waals surface area contributed by atoms with Gasteiger partial charge in [0.25, 0.3) is 5.91 Å². The molecule has 0 aliphatic heterocycles. The molecule has 0 fully saturated rings. The smallest absolute Gasteiger partial charge is 0.260 e. The zero-order valence-corrected chi connectivity index (χ0v) is 13.1. The molecule has 0 aliphatic rings. The molecule has 1 aromatic carbocycles. The summed E-state index contributed by atoms with van der Waals surface area (Å²) in [5.41, 5.74) is 6.66. The first-order valence-electron chi connectivity index (χ1n) is 7.03. The van der Waals surface area contributed by atoms with Crippen molar-refractivity contribution in [3.8, 4) is 11.3 Å². The number of nitrogens with one attached hydrogen (secondary N) is 1. The quantitative estimate of drug-likeness (QED) is 0.592. The number of benzene rings is 1. The Hall–Kier alpha value is -3.26. The molecule has 4 rings (SSSR count). The summed E-state index contributed by atoms with van der Waals surface area (Å²) in [7, 11) is 0. The molecule has 1 amide bonds. The Morgan fingerprint density at radius 2 is 2.00 bits per heavy atom. The number of rotatable bonds is 4. The van der Waals surface area contributed by atoms with Gasteiger partial charge in [-0.1, -0.05) is 41.7 Å². The number of primary amides is 1. The van der Waals surface area contributed by atoms with Crippen molar-refractivity contribution in [1.29, 1.82) is 0 Å². The Morgan fingerprint density at radius 1 is 1.17 bits per heavy atom. The Balaban J connectivity index is 1.73. The first-order valence-corrected chi connectivity index (χ1v) is 7.85. The van der Waals surface area contributed by atoms with Gasteiger partial charge in [0.05, 0.1) is 11.6 Å². The first kappa shape index (κ1) is 14.3. The van der Waals surface area contributed by atoms with Crippen molar-refractivity contribution in [3.63, 3.8) is 0 Å². The molecule has 7 nitrogen and oxygen atoms in total. The molecule has 24 heavy (non-hydrogen) atoms. The van der Waals surface area contributed by atoms with Crippen LogP contribution in [0.25, 0.3) is 22.4 Å². The largest absolute Gasteiger partial charge is 0.438 e. The van der Waals surface area contributed by atoms with E-state index in [-0.39, 0.29) is 0 Å². The van der Waals surface area contributed by atoms with Crippen LogP contribution < -0.4 is 11.1 Å². The molecule has 4 aromatic rings. The molecule has 0 unspecified atom stereocenters. The van der Waals surface area contributed by atoms with Crippen molar-refractivity contribution in [2.75, 3.05) is 5.32 Å². The van der Waals surface area contributed by atoms with E-state index in [9.17, 15) is 4.79 Å². The molecular formula is C16H11N5O2S. The molecule has 0 spiro atoms. The van der Waals surface area contributed by atoms with E-state index in [1.807, 2.05) is 36.4 Å². The SMILES string of the molecule is NC(=O)c1cnc(Nc2ncnc3oc(-c4ccccc4)cc23)s1. The van der Waals surface area contributed by atoms with Crippen molar-refractivity contribution >= 4 is 39.3 Å². The maximum atomic E-state index is 11.2. The van der Waals surface area contributed by atoms with Gasteiger partial charge in [-0.15, -0.1) is 0 Å². The molecule has 0 bridgehead atoms. The highest BCUT2D eigenvalue weighted by atomic mass is 32.1. The van der Waals surface area contributed by atoms with Crippen molar-refractivity contribution in [3.05, 3.63) is 53.8 Å². The summed E-state index contributed by atoms with van der Waals surface area (Å²) in [5, 5.41) is 4.32. The summed E-state index contributed by atoms with van der Waals surface area (Å²) >= 11 is 1.16. The molecule has 3 heterocycles. The van der Waals surface area contributed by atoms with Crippen LogP contribution in [0.4, 0.5) is 10.9 Å². The molecular weight excluding hydrogens is 326 g/mol. The van der Waals surface area contributed by atoms with Gasteiger partial charge < -0.3 is 15.5 Å². The van der Waals surface area contributed by atoms with E-state index in [0.717, 1.165) is 22.3 Å². The molecule has 0 saturated carbocycles. The minimum atomic E-state index is -0.511. The minimum absolute atomic E-state index is 0.375. The van der Waals surface area contributed by atoms with Crippen molar-refractivity contribution < 1.29 is 9.21 Å². The Labute approximate surface area is 140 Å². The van der Waals surface area contributed by atoms with Crippen LogP contribution in [0.15, 0.2) is 53.3 Å². The topological polar surface area (TPSA) is 107 Å². The lowest BCUT2D eigenvalue weighted by Crippen LogP contribution is -2.08. The van der Waals surface area contributed by atoms with Gasteiger partial charge in [0.15, 0.2) is 5.13 Å². The zero-order valence-electron chi connectivity index (χ0n) is 12.3. The van der Waals surface area contributed by atoms with Gasteiger partial charge in [-0.25, -0.2) is 15.0 Å². The number of hydrogen-bond donors (Lipinski definition) is 2. The maximum absolute atomic E-state index is 11.2. The summed E-state index contributed by atoms with van der Waals surface area (Å²) in [6.45, 7) is 0. The molecule has 8 heteroatoms. The average Bonchev–Trinajstić information content (AvgIpc) is 3.23. The van der Waals surface area contributed by atoms with Gasteiger partial charge >= 0.3 is 0 Å². The molecule has 0 saturated heterocycles. The fraction of sp³-hybridized carbons (Fsp3) is 0. The lowest BCUT2D eigenvalue weighted by Gasteiger charge is -2.00. The summed E-state index contributed by atoms with van der Waals surface area (Å²) in [4.78, 5) is 24.0. The molecule has 0 aliphatic carbocycles. The highest BCUT2D eigenvalue weighted by molar-refractivity contribution is 7.17. The number of carbonyl (C=O) groups is 1. The number of amides is 1. The van der Waals surface area contributed by atoms with Crippen LogP contribution in [0.2, 0.25) is 0 Å². The Bertz CT molecular complexity index is 1030. The molecule has 3 aromatic heterocycles. The highest BCUT2D eigenvalue weighted by Gasteiger charge is 2.14. The van der Waals surface area contributed by atoms with E-state index in [2.05, 4.69) is 20.3 Å². The third kappa shape index (κ3) is 2.59. The van der Waals surface area contributed by atoms with Crippen molar-refractivity contribution in [2.45, 2.75) is 0 Å². The summed E-state index contributed by atoms with van der Waals surface area (Å²) < 4.78 is 5.79. The van der Waals surface area contributed by atoms with Gasteiger partial charge in [-0.05, 0) is 6.07 Å². The van der Waals surface area contributed by atoms with Crippen molar-refractivity contribution in [1.82, 2.24) is 15.0 Å². The molecule has 3 N–H and O–H groups in total. The van der Waals surface area contributed by atoms with E-state index >= 15 is 0 Å². The van der Waals surface area contributed by atoms with E-state index in [4.69, 9.17) is 10.2 Å². The average molecular weight is 337 g/mol. The Morgan fingerprint density at radius 3 is 2.75 bits per heavy atom. The second-order valence-electron chi connectivity index (χ2n) is 4.94. The van der Waals surface area contributed by atoms with Gasteiger partial charge in [-0.3, -0.25) is 4.79 Å². The monoisotopic (exact) mass is 337 g/mol. The van der Waals surface area contributed by atoms with Crippen LogP contribution >= 0.6 is 11.3 Å². The lowest BCUT2D eigenvalue weighted by molar-refractivity contribution is 0.100. The van der Waals surface area contributed by atoms with Crippen LogP contribution in [0.1, 0.15) is 9.67 Å². The molecule has 0 radical (unpaired) electrons. The van der Waals surface area contributed by atoms with Crippen molar-refractivity contribution in [2.24, 2.45) is 5.73 Å². The normalized spacial score (nSPS) is 10.8. The first-order chi connectivity index (χ1) is 11.7. The van der Waals surface area contributed by atoms with Crippen LogP contribution in [0.3, 0.4) is 0 Å². The summed E-state index contributed by atoms with van der Waals surface area (Å²) in [5.74, 6) is 0.741. The van der Waals surface area contributed by atoms with Gasteiger partial charge in [0.2, 0.25) is 5.71 Å². The van der Waals surface area contributed by atoms with Crippen LogP contribution in [-0.4, -0.2) is 20.9 Å². The third-order valence-corrected chi connectivity index (χ3v) is 4.29. The summed E-state index contributed by atoms with van der Waals surface area (Å²) in [6.07, 6.45) is 2.84. The molecule has 0 atom stereocenters. The number of carbonyl (C=O) groups excluding carboxylic acids is 1. The Kier molecular flexibility index (Phi) is 3.43. The number of anilines is 2. The minimum Gasteiger partial charge on any atom is -0.438 e. The number of nitrogens with zero attached hydrogens (tertiary/aromatic N) is 3. The van der Waals surface area contributed by atoms with E-state index in [1.54, 1.807) is 0 Å². The molecule has 118 valence electrons. The number of nitrogens with two attached hydrogens (primary N) is 1. The second-order valence-corrected chi connectivity index (χ2v) is 5.97. The summed E-state index contributed by atoms with van der Waals surface area (Å²) in [6, 6.07) is 11.6. The van der Waals surface area contributed by atoms with Gasteiger partial charge in [-0.2, -0.15) is 0 Å². The maximum Gasteiger partial charge on any atom is 0.260 e. The number of furan rings is 1. The number of hydrogen-bond acceptors (Lipinski definition) is 7. The predicted octanol–water partition coefficient (Wildman–Crippen LogP) is 3.19. The van der Waals surface area contributed by atoms with E-state index < -0.39 is 5.91 Å². The lowest BCUT2D eigenvalue weighted by atomic mass is 10.2. The second kappa shape index (κ2) is 5.74. The van der Waals surface area contributed by atoms with Gasteiger partial charge in [0.1, 0.15) is 22.8 Å². The van der Waals surface area contributed by atoms with Crippen LogP contribution in [-0.2, 0) is 0 Å². The number of thiazole rings is 1. The van der Waals surface area contributed by atoms with Gasteiger partial charge in [0, 0.05) is 5.56 Å². The predicted molar refractivity (Wildman–Crippen MR) is 91.2 cm³/mol. The van der Waals surface area contributed by atoms with Crippen LogP contribution in [0, 0.1) is 0 Å². The zero-order chi connectivity index (χ0) is 16.5.